The Morgan fingerprint density at radius 3 is 1.83 bits per heavy atom. The van der Waals surface area contributed by atoms with Crippen LogP contribution in [0.5, 0.6) is 0 Å². The third-order valence-electron chi connectivity index (χ3n) is 6.36. The molecule has 0 unspecified atom stereocenters. The highest BCUT2D eigenvalue weighted by Crippen LogP contribution is 2.27. The first-order valence-corrected chi connectivity index (χ1v) is 10.8. The Bertz CT molecular complexity index is 701. The van der Waals surface area contributed by atoms with E-state index in [0.717, 1.165) is 44.9 Å². The number of carbonyl (C=O) groups excluding carboxylic acids is 1. The molecule has 0 radical (unpaired) electrons. The lowest BCUT2D eigenvalue weighted by atomic mass is 9.85. The van der Waals surface area contributed by atoms with E-state index in [1.807, 2.05) is 13.8 Å². The standard InChI is InChI=1S/C25H40O4/c1-18-19(2)21(12-8-10-14-24(4,5)23(27)28)16-22(20(18)3)13-9-11-15-25(6,7)29-17-26/h16-17H,8-15H2,1-7H3,(H,27,28). The van der Waals surface area contributed by atoms with Gasteiger partial charge in [-0.25, -0.2) is 0 Å². The first kappa shape index (κ1) is 25.2. The van der Waals surface area contributed by atoms with Crippen LogP contribution < -0.4 is 0 Å². The highest BCUT2D eigenvalue weighted by molar-refractivity contribution is 5.73. The average Bonchev–Trinajstić information content (AvgIpc) is 2.63. The second kappa shape index (κ2) is 10.8. The number of aryl methyl sites for hydroxylation is 2. The van der Waals surface area contributed by atoms with Gasteiger partial charge in [0.1, 0.15) is 5.60 Å². The lowest BCUT2D eigenvalue weighted by molar-refractivity contribution is -0.147. The van der Waals surface area contributed by atoms with Gasteiger partial charge < -0.3 is 9.84 Å². The van der Waals surface area contributed by atoms with Gasteiger partial charge in [0.2, 0.25) is 0 Å². The average molecular weight is 405 g/mol. The zero-order chi connectivity index (χ0) is 22.2. The fraction of sp³-hybridized carbons (Fsp3) is 0.680. The lowest BCUT2D eigenvalue weighted by Gasteiger charge is -2.22. The summed E-state index contributed by atoms with van der Waals surface area (Å²) in [6.45, 7) is 14.6. The summed E-state index contributed by atoms with van der Waals surface area (Å²) in [4.78, 5) is 21.8. The van der Waals surface area contributed by atoms with Crippen LogP contribution in [0.25, 0.3) is 0 Å². The molecule has 1 aromatic carbocycles. The smallest absolute Gasteiger partial charge is 0.309 e. The molecule has 0 spiro atoms. The maximum absolute atomic E-state index is 11.3. The van der Waals surface area contributed by atoms with Crippen LogP contribution in [0, 0.1) is 26.2 Å². The number of ether oxygens (including phenoxy) is 1. The summed E-state index contributed by atoms with van der Waals surface area (Å²) < 4.78 is 5.14. The lowest BCUT2D eigenvalue weighted by Crippen LogP contribution is -2.23. The van der Waals surface area contributed by atoms with Crippen molar-refractivity contribution in [2.45, 2.75) is 105 Å². The van der Waals surface area contributed by atoms with Gasteiger partial charge >= 0.3 is 5.97 Å². The van der Waals surface area contributed by atoms with Crippen molar-refractivity contribution < 1.29 is 19.4 Å². The molecule has 0 aromatic heterocycles. The maximum Gasteiger partial charge on any atom is 0.309 e. The summed E-state index contributed by atoms with van der Waals surface area (Å²) >= 11 is 0. The van der Waals surface area contributed by atoms with Gasteiger partial charge in [0.05, 0.1) is 5.41 Å². The molecule has 0 atom stereocenters. The summed E-state index contributed by atoms with van der Waals surface area (Å²) in [7, 11) is 0. The fourth-order valence-electron chi connectivity index (χ4n) is 3.75. The Morgan fingerprint density at radius 2 is 1.38 bits per heavy atom. The topological polar surface area (TPSA) is 63.6 Å². The molecule has 0 aliphatic rings. The predicted octanol–water partition coefficient (Wildman–Crippen LogP) is 6.10. The third-order valence-corrected chi connectivity index (χ3v) is 6.36. The Morgan fingerprint density at radius 1 is 0.897 bits per heavy atom. The van der Waals surface area contributed by atoms with Crippen LogP contribution >= 0.6 is 0 Å². The molecule has 0 amide bonds. The normalized spacial score (nSPS) is 12.1. The van der Waals surface area contributed by atoms with Crippen molar-refractivity contribution in [2.75, 3.05) is 0 Å². The molecule has 4 heteroatoms. The van der Waals surface area contributed by atoms with Gasteiger partial charge in [-0.05, 0) is 121 Å². The van der Waals surface area contributed by atoms with Gasteiger partial charge in [0.25, 0.3) is 6.47 Å². The van der Waals surface area contributed by atoms with Crippen molar-refractivity contribution >= 4 is 12.4 Å². The molecule has 0 heterocycles. The Labute approximate surface area is 177 Å². The number of hydrogen-bond acceptors (Lipinski definition) is 3. The summed E-state index contributed by atoms with van der Waals surface area (Å²) in [5.74, 6) is -0.719. The number of unbranched alkanes of at least 4 members (excludes halogenated alkanes) is 2. The second-order valence-corrected chi connectivity index (χ2v) is 9.65. The zero-order valence-corrected chi connectivity index (χ0v) is 19.5. The summed E-state index contributed by atoms with van der Waals surface area (Å²) in [5, 5.41) is 9.26. The Hall–Kier alpha value is -1.84. The molecule has 0 aliphatic carbocycles. The molecule has 0 saturated heterocycles. The van der Waals surface area contributed by atoms with E-state index in [9.17, 15) is 14.7 Å². The van der Waals surface area contributed by atoms with Crippen LogP contribution in [0.15, 0.2) is 6.07 Å². The monoisotopic (exact) mass is 404 g/mol. The molecule has 1 rings (SSSR count). The third kappa shape index (κ3) is 7.83. The number of carbonyl (C=O) groups is 2. The molecule has 164 valence electrons. The largest absolute Gasteiger partial charge is 0.481 e. The molecule has 0 aliphatic heterocycles. The van der Waals surface area contributed by atoms with Crippen LogP contribution in [0.2, 0.25) is 0 Å². The van der Waals surface area contributed by atoms with Crippen LogP contribution in [0.3, 0.4) is 0 Å². The predicted molar refractivity (Wildman–Crippen MR) is 118 cm³/mol. The number of hydrogen-bond donors (Lipinski definition) is 1. The molecule has 1 aromatic rings. The molecule has 0 saturated carbocycles. The van der Waals surface area contributed by atoms with E-state index in [-0.39, 0.29) is 0 Å². The summed E-state index contributed by atoms with van der Waals surface area (Å²) in [5.41, 5.74) is 5.86. The Balaban J connectivity index is 2.68. The van der Waals surface area contributed by atoms with E-state index in [4.69, 9.17) is 4.74 Å². The van der Waals surface area contributed by atoms with E-state index < -0.39 is 17.0 Å². The summed E-state index contributed by atoms with van der Waals surface area (Å²) in [6, 6.07) is 2.35. The van der Waals surface area contributed by atoms with E-state index in [1.54, 1.807) is 13.8 Å². The molecule has 29 heavy (non-hydrogen) atoms. The van der Waals surface area contributed by atoms with Gasteiger partial charge in [-0.2, -0.15) is 0 Å². The number of rotatable bonds is 13. The van der Waals surface area contributed by atoms with Crippen LogP contribution in [0.4, 0.5) is 0 Å². The molecule has 4 nitrogen and oxygen atoms in total. The van der Waals surface area contributed by atoms with Crippen molar-refractivity contribution in [3.8, 4) is 0 Å². The molecule has 0 fully saturated rings. The SMILES string of the molecule is Cc1c(CCCCC(C)(C)OC=O)cc(CCCCC(C)(C)C(=O)O)c(C)c1C. The number of carboxylic acid groups (broad SMARTS) is 1. The van der Waals surface area contributed by atoms with Gasteiger partial charge in [-0.1, -0.05) is 12.5 Å². The minimum absolute atomic E-state index is 0.394. The second-order valence-electron chi connectivity index (χ2n) is 9.65. The van der Waals surface area contributed by atoms with Gasteiger partial charge in [0, 0.05) is 0 Å². The van der Waals surface area contributed by atoms with Crippen molar-refractivity contribution in [2.24, 2.45) is 5.41 Å². The first-order chi connectivity index (χ1) is 13.4. The van der Waals surface area contributed by atoms with Gasteiger partial charge in [-0.3, -0.25) is 9.59 Å². The number of benzene rings is 1. The van der Waals surface area contributed by atoms with E-state index in [2.05, 4.69) is 26.8 Å². The first-order valence-electron chi connectivity index (χ1n) is 10.8. The Kier molecular flexibility index (Phi) is 9.38. The van der Waals surface area contributed by atoms with Crippen molar-refractivity contribution in [3.63, 3.8) is 0 Å². The number of carboxylic acids is 1. The maximum atomic E-state index is 11.3. The minimum Gasteiger partial charge on any atom is -0.481 e. The van der Waals surface area contributed by atoms with Gasteiger partial charge in [-0.15, -0.1) is 0 Å². The fourth-order valence-corrected chi connectivity index (χ4v) is 3.75. The van der Waals surface area contributed by atoms with E-state index >= 15 is 0 Å². The van der Waals surface area contributed by atoms with Crippen molar-refractivity contribution in [1.29, 1.82) is 0 Å². The van der Waals surface area contributed by atoms with Gasteiger partial charge in [0.15, 0.2) is 0 Å². The zero-order valence-electron chi connectivity index (χ0n) is 19.5. The van der Waals surface area contributed by atoms with Crippen molar-refractivity contribution in [3.05, 3.63) is 33.9 Å². The van der Waals surface area contributed by atoms with E-state index in [1.165, 1.54) is 27.8 Å². The molecule has 0 bridgehead atoms. The summed E-state index contributed by atoms with van der Waals surface area (Å²) in [6.07, 6.45) is 7.62. The van der Waals surface area contributed by atoms with Crippen molar-refractivity contribution in [1.82, 2.24) is 0 Å². The van der Waals surface area contributed by atoms with Crippen LogP contribution in [0.1, 0.15) is 94.0 Å². The molecule has 1 N–H and O–H groups in total. The van der Waals surface area contributed by atoms with Crippen LogP contribution in [-0.2, 0) is 27.2 Å². The molecular weight excluding hydrogens is 364 g/mol. The van der Waals surface area contributed by atoms with E-state index in [0.29, 0.717) is 12.9 Å². The molecular formula is C25H40O4. The highest BCUT2D eigenvalue weighted by Gasteiger charge is 2.26. The highest BCUT2D eigenvalue weighted by atomic mass is 16.5. The number of aliphatic carboxylic acids is 1. The quantitative estimate of drug-likeness (QED) is 0.319. The minimum atomic E-state index is -0.719. The van der Waals surface area contributed by atoms with Crippen LogP contribution in [-0.4, -0.2) is 23.1 Å².